The van der Waals surface area contributed by atoms with Crippen molar-refractivity contribution in [2.24, 2.45) is 5.92 Å². The monoisotopic (exact) mass is 246 g/mol. The van der Waals surface area contributed by atoms with E-state index in [-0.39, 0.29) is 12.5 Å². The molecule has 0 fully saturated rings. The quantitative estimate of drug-likeness (QED) is 0.647. The molecule has 98 valence electrons. The number of ether oxygens (including phenoxy) is 2. The predicted molar refractivity (Wildman–Crippen MR) is 59.2 cm³/mol. The lowest BCUT2D eigenvalue weighted by Crippen LogP contribution is -2.50. The number of nitrogens with one attached hydrogen (secondary N) is 2. The highest BCUT2D eigenvalue weighted by molar-refractivity contribution is 5.88. The lowest BCUT2D eigenvalue weighted by atomic mass is 10.0. The zero-order valence-electron chi connectivity index (χ0n) is 10.4. The number of hydrogen-bond donors (Lipinski definition) is 2. The highest BCUT2D eigenvalue weighted by Crippen LogP contribution is 2.02. The Morgan fingerprint density at radius 1 is 1.12 bits per heavy atom. The van der Waals surface area contributed by atoms with Gasteiger partial charge in [-0.05, 0) is 5.92 Å². The maximum Gasteiger partial charge on any atom is 0.407 e. The van der Waals surface area contributed by atoms with Gasteiger partial charge in [0.2, 0.25) is 5.91 Å². The Hall–Kier alpha value is -1.79. The van der Waals surface area contributed by atoms with Gasteiger partial charge in [0.15, 0.2) is 0 Å². The lowest BCUT2D eigenvalue weighted by molar-refractivity contribution is -0.141. The van der Waals surface area contributed by atoms with Crippen LogP contribution in [0.3, 0.4) is 0 Å². The summed E-state index contributed by atoms with van der Waals surface area (Å²) in [6, 6.07) is -0.757. The van der Waals surface area contributed by atoms with Crippen molar-refractivity contribution >= 4 is 18.0 Å². The molecule has 0 heterocycles. The number of esters is 1. The Balaban J connectivity index is 4.35. The van der Waals surface area contributed by atoms with E-state index in [1.807, 2.05) is 0 Å². The second-order valence-electron chi connectivity index (χ2n) is 3.65. The first-order valence-corrected chi connectivity index (χ1v) is 5.11. The number of rotatable bonds is 5. The van der Waals surface area contributed by atoms with Crippen molar-refractivity contribution in [2.45, 2.75) is 19.9 Å². The van der Waals surface area contributed by atoms with E-state index >= 15 is 0 Å². The maximum absolute atomic E-state index is 11.7. The van der Waals surface area contributed by atoms with Crippen LogP contribution in [0.5, 0.6) is 0 Å². The molecule has 0 aromatic heterocycles. The molecule has 0 aliphatic heterocycles. The van der Waals surface area contributed by atoms with Gasteiger partial charge in [-0.1, -0.05) is 13.8 Å². The van der Waals surface area contributed by atoms with Gasteiger partial charge in [-0.25, -0.2) is 4.79 Å². The minimum atomic E-state index is -0.757. The average Bonchev–Trinajstić information content (AvgIpc) is 2.31. The Bertz CT molecular complexity index is 290. The van der Waals surface area contributed by atoms with Crippen LogP contribution in [-0.4, -0.2) is 44.8 Å². The van der Waals surface area contributed by atoms with Crippen LogP contribution < -0.4 is 10.6 Å². The second-order valence-corrected chi connectivity index (χ2v) is 3.65. The van der Waals surface area contributed by atoms with E-state index in [1.165, 1.54) is 14.2 Å². The van der Waals surface area contributed by atoms with Gasteiger partial charge in [0.1, 0.15) is 12.6 Å². The first-order valence-electron chi connectivity index (χ1n) is 5.11. The summed E-state index contributed by atoms with van der Waals surface area (Å²) in [4.78, 5) is 33.5. The average molecular weight is 246 g/mol. The van der Waals surface area contributed by atoms with Gasteiger partial charge in [-0.15, -0.1) is 0 Å². The van der Waals surface area contributed by atoms with E-state index in [0.29, 0.717) is 0 Å². The maximum atomic E-state index is 11.7. The largest absolute Gasteiger partial charge is 0.468 e. The molecular formula is C10H18N2O5. The number of hydrogen-bond acceptors (Lipinski definition) is 5. The topological polar surface area (TPSA) is 93.7 Å². The van der Waals surface area contributed by atoms with Gasteiger partial charge in [0, 0.05) is 0 Å². The number of carbonyl (C=O) groups is 3. The van der Waals surface area contributed by atoms with Crippen LogP contribution in [0.4, 0.5) is 4.79 Å². The molecule has 0 radical (unpaired) electrons. The molecule has 0 aliphatic rings. The summed E-state index contributed by atoms with van der Waals surface area (Å²) in [5.41, 5.74) is 0. The minimum Gasteiger partial charge on any atom is -0.468 e. The SMILES string of the molecule is COC(=O)CNC(=O)[C@@H](NC(=O)OC)C(C)C. The number of amides is 2. The molecule has 17 heavy (non-hydrogen) atoms. The summed E-state index contributed by atoms with van der Waals surface area (Å²) in [6.45, 7) is 3.29. The van der Waals surface area contributed by atoms with Crippen LogP contribution >= 0.6 is 0 Å². The van der Waals surface area contributed by atoms with Crippen molar-refractivity contribution in [3.63, 3.8) is 0 Å². The molecule has 0 unspecified atom stereocenters. The lowest BCUT2D eigenvalue weighted by Gasteiger charge is -2.20. The molecule has 0 saturated heterocycles. The van der Waals surface area contributed by atoms with Crippen molar-refractivity contribution in [1.29, 1.82) is 0 Å². The fraction of sp³-hybridized carbons (Fsp3) is 0.700. The summed E-state index contributed by atoms with van der Waals surface area (Å²) >= 11 is 0. The molecule has 7 nitrogen and oxygen atoms in total. The molecule has 0 spiro atoms. The summed E-state index contributed by atoms with van der Waals surface area (Å²) < 4.78 is 8.78. The van der Waals surface area contributed by atoms with Crippen molar-refractivity contribution in [3.8, 4) is 0 Å². The Morgan fingerprint density at radius 2 is 1.71 bits per heavy atom. The van der Waals surface area contributed by atoms with Crippen LogP contribution in [0.15, 0.2) is 0 Å². The molecule has 0 aliphatic carbocycles. The van der Waals surface area contributed by atoms with E-state index in [1.54, 1.807) is 13.8 Å². The standard InChI is InChI=1S/C10H18N2O5/c1-6(2)8(12-10(15)17-4)9(14)11-5-7(13)16-3/h6,8H,5H2,1-4H3,(H,11,14)(H,12,15)/t8-/m0/s1. The summed E-state index contributed by atoms with van der Waals surface area (Å²) in [5, 5.41) is 4.74. The molecule has 2 amide bonds. The van der Waals surface area contributed by atoms with Gasteiger partial charge in [-0.3, -0.25) is 9.59 Å². The third-order valence-corrected chi connectivity index (χ3v) is 2.04. The fourth-order valence-electron chi connectivity index (χ4n) is 1.06. The first kappa shape index (κ1) is 15.2. The molecule has 0 aromatic rings. The number of methoxy groups -OCH3 is 2. The van der Waals surface area contributed by atoms with Crippen LogP contribution in [0, 0.1) is 5.92 Å². The van der Waals surface area contributed by atoms with Crippen LogP contribution in [0.2, 0.25) is 0 Å². The van der Waals surface area contributed by atoms with Crippen LogP contribution in [0.1, 0.15) is 13.8 Å². The van der Waals surface area contributed by atoms with Crippen LogP contribution in [0.25, 0.3) is 0 Å². The molecular weight excluding hydrogens is 228 g/mol. The van der Waals surface area contributed by atoms with Crippen molar-refractivity contribution in [2.75, 3.05) is 20.8 Å². The fourth-order valence-corrected chi connectivity index (χ4v) is 1.06. The summed E-state index contributed by atoms with van der Waals surface area (Å²) in [7, 11) is 2.43. The van der Waals surface area contributed by atoms with Crippen molar-refractivity contribution in [3.05, 3.63) is 0 Å². The van der Waals surface area contributed by atoms with Gasteiger partial charge < -0.3 is 20.1 Å². The minimum absolute atomic E-state index is 0.133. The number of alkyl carbamates (subject to hydrolysis) is 1. The zero-order valence-corrected chi connectivity index (χ0v) is 10.4. The number of carbonyl (C=O) groups excluding carboxylic acids is 3. The van der Waals surface area contributed by atoms with Crippen molar-refractivity contribution in [1.82, 2.24) is 10.6 Å². The van der Waals surface area contributed by atoms with Crippen LogP contribution in [-0.2, 0) is 19.1 Å². The predicted octanol–water partition coefficient (Wildman–Crippen LogP) is -0.344. The highest BCUT2D eigenvalue weighted by atomic mass is 16.5. The first-order chi connectivity index (χ1) is 7.92. The van der Waals surface area contributed by atoms with Gasteiger partial charge >= 0.3 is 12.1 Å². The molecule has 2 N–H and O–H groups in total. The third-order valence-electron chi connectivity index (χ3n) is 2.04. The highest BCUT2D eigenvalue weighted by Gasteiger charge is 2.24. The third kappa shape index (κ3) is 5.74. The second kappa shape index (κ2) is 7.48. The van der Waals surface area contributed by atoms with E-state index in [2.05, 4.69) is 20.1 Å². The molecule has 0 aromatic carbocycles. The van der Waals surface area contributed by atoms with Gasteiger partial charge in [-0.2, -0.15) is 0 Å². The molecule has 0 saturated carbocycles. The Labute approximate surface area is 99.8 Å². The summed E-state index contributed by atoms with van der Waals surface area (Å²) in [5.74, 6) is -1.15. The summed E-state index contributed by atoms with van der Waals surface area (Å²) in [6.07, 6.45) is -0.697. The van der Waals surface area contributed by atoms with E-state index in [9.17, 15) is 14.4 Å². The van der Waals surface area contributed by atoms with Gasteiger partial charge in [0.25, 0.3) is 0 Å². The Kier molecular flexibility index (Phi) is 6.69. The van der Waals surface area contributed by atoms with E-state index in [4.69, 9.17) is 0 Å². The van der Waals surface area contributed by atoms with E-state index in [0.717, 1.165) is 0 Å². The normalized spacial score (nSPS) is 11.6. The zero-order chi connectivity index (χ0) is 13.4. The van der Waals surface area contributed by atoms with Gasteiger partial charge in [0.05, 0.1) is 14.2 Å². The molecule has 1 atom stereocenters. The smallest absolute Gasteiger partial charge is 0.407 e. The Morgan fingerprint density at radius 3 is 2.12 bits per heavy atom. The molecule has 7 heteroatoms. The van der Waals surface area contributed by atoms with Crippen molar-refractivity contribution < 1.29 is 23.9 Å². The van der Waals surface area contributed by atoms with E-state index < -0.39 is 24.0 Å². The molecule has 0 rings (SSSR count). The molecule has 0 bridgehead atoms.